The van der Waals surface area contributed by atoms with Crippen molar-refractivity contribution >= 4 is 11.3 Å². The van der Waals surface area contributed by atoms with Gasteiger partial charge in [0.25, 0.3) is 0 Å². The molecule has 0 fully saturated rings. The molecule has 0 aliphatic carbocycles. The summed E-state index contributed by atoms with van der Waals surface area (Å²) in [7, 11) is 0. The Morgan fingerprint density at radius 1 is 1.47 bits per heavy atom. The lowest BCUT2D eigenvalue weighted by Gasteiger charge is -2.09. The summed E-state index contributed by atoms with van der Waals surface area (Å²) < 4.78 is 1.90. The molecule has 0 saturated carbocycles. The molecule has 0 bridgehead atoms. The van der Waals surface area contributed by atoms with Gasteiger partial charge in [0, 0.05) is 28.8 Å². The molecule has 1 atom stereocenters. The van der Waals surface area contributed by atoms with Gasteiger partial charge in [0.15, 0.2) is 0 Å². The van der Waals surface area contributed by atoms with Crippen LogP contribution in [0.4, 0.5) is 0 Å². The van der Waals surface area contributed by atoms with Gasteiger partial charge in [-0.05, 0) is 32.4 Å². The van der Waals surface area contributed by atoms with Crippen LogP contribution < -0.4 is 5.73 Å². The third-order valence-corrected chi connectivity index (χ3v) is 4.23. The lowest BCUT2D eigenvalue weighted by atomic mass is 10.1. The molecule has 0 amide bonds. The fourth-order valence-electron chi connectivity index (χ4n) is 1.79. The van der Waals surface area contributed by atoms with Gasteiger partial charge in [-0.1, -0.05) is 0 Å². The van der Waals surface area contributed by atoms with E-state index in [1.807, 2.05) is 4.68 Å². The predicted molar refractivity (Wildman–Crippen MR) is 70.1 cm³/mol. The lowest BCUT2D eigenvalue weighted by Crippen LogP contribution is -2.15. The summed E-state index contributed by atoms with van der Waals surface area (Å²) in [5.41, 5.74) is 7.54. The molecule has 0 aromatic carbocycles. The molecule has 0 aliphatic heterocycles. The zero-order valence-corrected chi connectivity index (χ0v) is 11.3. The second kappa shape index (κ2) is 4.98. The third kappa shape index (κ3) is 2.56. The number of nitrogens with zero attached hydrogens (tertiary/aromatic N) is 3. The molecule has 0 spiro atoms. The van der Waals surface area contributed by atoms with Gasteiger partial charge in [-0.15, -0.1) is 11.3 Å². The minimum atomic E-state index is 0.0156. The van der Waals surface area contributed by atoms with Gasteiger partial charge in [-0.2, -0.15) is 5.10 Å². The Hall–Kier alpha value is -1.20. The van der Waals surface area contributed by atoms with Crippen LogP contribution in [0.5, 0.6) is 0 Å². The molecule has 17 heavy (non-hydrogen) atoms. The molecule has 1 unspecified atom stereocenters. The Labute approximate surface area is 105 Å². The standard InChI is InChI=1S/C12H18N4S/c1-4-16-12(14-7-15-16)6-10(13)11-5-8(2)9(3)17-11/h5,7,10H,4,6,13H2,1-3H3. The number of aromatic nitrogens is 3. The van der Waals surface area contributed by atoms with Crippen molar-refractivity contribution in [3.63, 3.8) is 0 Å². The molecule has 5 heteroatoms. The summed E-state index contributed by atoms with van der Waals surface area (Å²) in [6, 6.07) is 2.19. The number of aryl methyl sites for hydroxylation is 3. The van der Waals surface area contributed by atoms with Gasteiger partial charge >= 0.3 is 0 Å². The number of nitrogens with two attached hydrogens (primary N) is 1. The predicted octanol–water partition coefficient (Wildman–Crippen LogP) is 2.22. The van der Waals surface area contributed by atoms with Crippen molar-refractivity contribution in [3.05, 3.63) is 33.5 Å². The van der Waals surface area contributed by atoms with Gasteiger partial charge in [0.2, 0.25) is 0 Å². The van der Waals surface area contributed by atoms with Gasteiger partial charge in [0.05, 0.1) is 0 Å². The molecule has 2 rings (SSSR count). The second-order valence-electron chi connectivity index (χ2n) is 4.19. The van der Waals surface area contributed by atoms with Crippen molar-refractivity contribution in [2.24, 2.45) is 5.73 Å². The summed E-state index contributed by atoms with van der Waals surface area (Å²) in [6.07, 6.45) is 2.34. The summed E-state index contributed by atoms with van der Waals surface area (Å²) in [5.74, 6) is 0.962. The molecule has 2 heterocycles. The first kappa shape index (κ1) is 12.3. The largest absolute Gasteiger partial charge is 0.323 e. The van der Waals surface area contributed by atoms with E-state index in [0.717, 1.165) is 18.8 Å². The first-order valence-corrected chi connectivity index (χ1v) is 6.62. The van der Waals surface area contributed by atoms with Crippen LogP contribution in [0.2, 0.25) is 0 Å². The number of rotatable bonds is 4. The summed E-state index contributed by atoms with van der Waals surface area (Å²) >= 11 is 1.78. The van der Waals surface area contributed by atoms with Crippen molar-refractivity contribution in [2.75, 3.05) is 0 Å². The third-order valence-electron chi connectivity index (χ3n) is 2.95. The average Bonchev–Trinajstić information content (AvgIpc) is 2.86. The molecule has 4 nitrogen and oxygen atoms in total. The van der Waals surface area contributed by atoms with Crippen LogP contribution >= 0.6 is 11.3 Å². The van der Waals surface area contributed by atoms with E-state index in [2.05, 4.69) is 36.9 Å². The number of thiophene rings is 1. The van der Waals surface area contributed by atoms with E-state index in [0.29, 0.717) is 0 Å². The van der Waals surface area contributed by atoms with Crippen LogP contribution in [-0.4, -0.2) is 14.8 Å². The molecule has 0 radical (unpaired) electrons. The average molecular weight is 250 g/mol. The Balaban J connectivity index is 2.14. The van der Waals surface area contributed by atoms with Gasteiger partial charge in [-0.25, -0.2) is 4.98 Å². The normalized spacial score (nSPS) is 12.9. The highest BCUT2D eigenvalue weighted by molar-refractivity contribution is 7.12. The van der Waals surface area contributed by atoms with Crippen molar-refractivity contribution in [3.8, 4) is 0 Å². The maximum absolute atomic E-state index is 6.22. The lowest BCUT2D eigenvalue weighted by molar-refractivity contribution is 0.584. The molecule has 2 aromatic heterocycles. The molecule has 2 aromatic rings. The molecule has 2 N–H and O–H groups in total. The Bertz CT molecular complexity index is 481. The fourth-order valence-corrected chi connectivity index (χ4v) is 2.84. The van der Waals surface area contributed by atoms with Gasteiger partial charge in [0.1, 0.15) is 12.2 Å². The minimum absolute atomic E-state index is 0.0156. The molecule has 0 aliphatic rings. The van der Waals surface area contributed by atoms with Crippen molar-refractivity contribution in [1.29, 1.82) is 0 Å². The zero-order chi connectivity index (χ0) is 12.4. The van der Waals surface area contributed by atoms with Crippen LogP contribution in [0.3, 0.4) is 0 Å². The maximum atomic E-state index is 6.22. The van der Waals surface area contributed by atoms with E-state index < -0.39 is 0 Å². The SMILES string of the molecule is CCn1ncnc1CC(N)c1cc(C)c(C)s1. The van der Waals surface area contributed by atoms with Crippen LogP contribution in [0.25, 0.3) is 0 Å². The van der Waals surface area contributed by atoms with Crippen LogP contribution in [0.1, 0.15) is 34.1 Å². The van der Waals surface area contributed by atoms with E-state index in [-0.39, 0.29) is 6.04 Å². The quantitative estimate of drug-likeness (QED) is 0.905. The highest BCUT2D eigenvalue weighted by atomic mass is 32.1. The number of hydrogen-bond acceptors (Lipinski definition) is 4. The molecular formula is C12H18N4S. The molecular weight excluding hydrogens is 232 g/mol. The Morgan fingerprint density at radius 2 is 2.24 bits per heavy atom. The first-order valence-electron chi connectivity index (χ1n) is 5.81. The van der Waals surface area contributed by atoms with Crippen molar-refractivity contribution in [1.82, 2.24) is 14.8 Å². The van der Waals surface area contributed by atoms with Crippen LogP contribution in [0.15, 0.2) is 12.4 Å². The second-order valence-corrected chi connectivity index (χ2v) is 5.48. The zero-order valence-electron chi connectivity index (χ0n) is 10.5. The summed E-state index contributed by atoms with van der Waals surface area (Å²) in [4.78, 5) is 6.83. The number of hydrogen-bond donors (Lipinski definition) is 1. The minimum Gasteiger partial charge on any atom is -0.323 e. The Morgan fingerprint density at radius 3 is 2.82 bits per heavy atom. The van der Waals surface area contributed by atoms with Gasteiger partial charge in [-0.3, -0.25) is 4.68 Å². The molecule has 92 valence electrons. The van der Waals surface area contributed by atoms with E-state index >= 15 is 0 Å². The van der Waals surface area contributed by atoms with Crippen LogP contribution in [-0.2, 0) is 13.0 Å². The van der Waals surface area contributed by atoms with Crippen molar-refractivity contribution < 1.29 is 0 Å². The van der Waals surface area contributed by atoms with E-state index in [1.165, 1.54) is 15.3 Å². The van der Waals surface area contributed by atoms with Crippen LogP contribution in [0, 0.1) is 13.8 Å². The maximum Gasteiger partial charge on any atom is 0.138 e. The highest BCUT2D eigenvalue weighted by Crippen LogP contribution is 2.26. The summed E-state index contributed by atoms with van der Waals surface area (Å²) in [6.45, 7) is 7.15. The van der Waals surface area contributed by atoms with E-state index in [9.17, 15) is 0 Å². The molecule has 0 saturated heterocycles. The summed E-state index contributed by atoms with van der Waals surface area (Å²) in [5, 5.41) is 4.16. The van der Waals surface area contributed by atoms with E-state index in [1.54, 1.807) is 17.7 Å². The highest BCUT2D eigenvalue weighted by Gasteiger charge is 2.14. The first-order chi connectivity index (χ1) is 8.11. The topological polar surface area (TPSA) is 56.7 Å². The van der Waals surface area contributed by atoms with Crippen molar-refractivity contribution in [2.45, 2.75) is 39.8 Å². The fraction of sp³-hybridized carbons (Fsp3) is 0.500. The monoisotopic (exact) mass is 250 g/mol. The smallest absolute Gasteiger partial charge is 0.138 e. The van der Waals surface area contributed by atoms with Gasteiger partial charge < -0.3 is 5.73 Å². The Kier molecular flexibility index (Phi) is 3.59. The van der Waals surface area contributed by atoms with E-state index in [4.69, 9.17) is 5.73 Å².